The van der Waals surface area contributed by atoms with Crippen LogP contribution in [-0.4, -0.2) is 16.8 Å². The predicted molar refractivity (Wildman–Crippen MR) is 76.2 cm³/mol. The van der Waals surface area contributed by atoms with E-state index in [4.69, 9.17) is 4.42 Å². The van der Waals surface area contributed by atoms with Gasteiger partial charge in [-0.05, 0) is 39.4 Å². The minimum absolute atomic E-state index is 0.269. The quantitative estimate of drug-likeness (QED) is 0.869. The molecule has 0 aliphatic heterocycles. The highest BCUT2D eigenvalue weighted by Gasteiger charge is 2.17. The Bertz CT molecular complexity index is 527. The average Bonchev–Trinajstić information content (AvgIpc) is 3.01. The first-order valence-electron chi connectivity index (χ1n) is 6.96. The maximum absolute atomic E-state index is 5.41. The van der Waals surface area contributed by atoms with Crippen LogP contribution in [0, 0.1) is 6.92 Å². The lowest BCUT2D eigenvalue weighted by Crippen LogP contribution is -2.20. The van der Waals surface area contributed by atoms with E-state index in [-0.39, 0.29) is 6.04 Å². The third-order valence-electron chi connectivity index (χ3n) is 3.61. The number of rotatable bonds is 6. The summed E-state index contributed by atoms with van der Waals surface area (Å²) in [4.78, 5) is 0. The van der Waals surface area contributed by atoms with E-state index >= 15 is 0 Å². The Balaban J connectivity index is 2.23. The molecule has 2 aromatic heterocycles. The number of nitrogens with zero attached hydrogens (tertiary/aromatic N) is 2. The van der Waals surface area contributed by atoms with E-state index in [0.717, 1.165) is 30.8 Å². The molecule has 0 saturated heterocycles. The molecule has 104 valence electrons. The van der Waals surface area contributed by atoms with Gasteiger partial charge in [0.15, 0.2) is 0 Å². The summed E-state index contributed by atoms with van der Waals surface area (Å²) in [5, 5.41) is 7.97. The topological polar surface area (TPSA) is 43.0 Å². The first-order valence-corrected chi connectivity index (χ1v) is 6.96. The maximum Gasteiger partial charge on any atom is 0.105 e. The van der Waals surface area contributed by atoms with Gasteiger partial charge in [0.2, 0.25) is 0 Å². The molecule has 0 fully saturated rings. The van der Waals surface area contributed by atoms with Gasteiger partial charge in [-0.1, -0.05) is 6.92 Å². The van der Waals surface area contributed by atoms with Crippen molar-refractivity contribution >= 4 is 0 Å². The lowest BCUT2D eigenvalue weighted by atomic mass is 10.0. The molecule has 1 N–H and O–H groups in total. The molecule has 0 saturated carbocycles. The summed E-state index contributed by atoms with van der Waals surface area (Å²) in [6, 6.07) is 4.53. The second kappa shape index (κ2) is 6.06. The number of aromatic nitrogens is 2. The van der Waals surface area contributed by atoms with E-state index in [1.165, 1.54) is 11.3 Å². The second-order valence-electron chi connectivity index (χ2n) is 4.77. The van der Waals surface area contributed by atoms with Gasteiger partial charge in [0.1, 0.15) is 5.76 Å². The van der Waals surface area contributed by atoms with Gasteiger partial charge in [-0.25, -0.2) is 0 Å². The van der Waals surface area contributed by atoms with Gasteiger partial charge in [-0.2, -0.15) is 5.10 Å². The van der Waals surface area contributed by atoms with Crippen LogP contribution >= 0.6 is 0 Å². The molecule has 0 aromatic carbocycles. The molecule has 0 spiro atoms. The second-order valence-corrected chi connectivity index (χ2v) is 4.77. The molecular weight excluding hydrogens is 238 g/mol. The zero-order valence-corrected chi connectivity index (χ0v) is 12.2. The molecule has 2 heterocycles. The van der Waals surface area contributed by atoms with Crippen molar-refractivity contribution in [3.8, 4) is 0 Å². The zero-order valence-electron chi connectivity index (χ0n) is 12.2. The van der Waals surface area contributed by atoms with Crippen molar-refractivity contribution in [2.24, 2.45) is 0 Å². The Morgan fingerprint density at radius 3 is 2.74 bits per heavy atom. The Kier molecular flexibility index (Phi) is 4.43. The molecule has 0 radical (unpaired) electrons. The Hall–Kier alpha value is -1.55. The van der Waals surface area contributed by atoms with Crippen LogP contribution in [0.15, 0.2) is 22.8 Å². The first kappa shape index (κ1) is 13.9. The van der Waals surface area contributed by atoms with Gasteiger partial charge in [-0.3, -0.25) is 4.68 Å². The van der Waals surface area contributed by atoms with Crippen molar-refractivity contribution < 1.29 is 4.42 Å². The van der Waals surface area contributed by atoms with Gasteiger partial charge in [0.05, 0.1) is 12.0 Å². The van der Waals surface area contributed by atoms with Gasteiger partial charge in [0, 0.05) is 30.3 Å². The van der Waals surface area contributed by atoms with E-state index in [9.17, 15) is 0 Å². The molecule has 2 aromatic rings. The smallest absolute Gasteiger partial charge is 0.105 e. The fraction of sp³-hybridized carbons (Fsp3) is 0.533. The summed E-state index contributed by atoms with van der Waals surface area (Å²) in [5.74, 6) is 0.984. The summed E-state index contributed by atoms with van der Waals surface area (Å²) in [5.41, 5.74) is 3.67. The lowest BCUT2D eigenvalue weighted by molar-refractivity contribution is 0.502. The van der Waals surface area contributed by atoms with E-state index in [0.29, 0.717) is 0 Å². The molecular formula is C15H23N3O. The van der Waals surface area contributed by atoms with Crippen LogP contribution in [0.3, 0.4) is 0 Å². The lowest BCUT2D eigenvalue weighted by Gasteiger charge is -2.16. The zero-order chi connectivity index (χ0) is 13.8. The van der Waals surface area contributed by atoms with E-state index in [1.807, 2.05) is 20.0 Å². The Morgan fingerprint density at radius 1 is 1.42 bits per heavy atom. The highest BCUT2D eigenvalue weighted by molar-refractivity contribution is 5.23. The van der Waals surface area contributed by atoms with Crippen LogP contribution in [-0.2, 0) is 19.4 Å². The van der Waals surface area contributed by atoms with Crippen LogP contribution < -0.4 is 5.32 Å². The SMILES string of the molecule is CCc1cc(CC(NC)c2ccoc2C)n(CC)n1. The molecule has 1 atom stereocenters. The molecule has 0 bridgehead atoms. The van der Waals surface area contributed by atoms with Gasteiger partial charge < -0.3 is 9.73 Å². The fourth-order valence-electron chi connectivity index (χ4n) is 2.46. The molecule has 1 unspecified atom stereocenters. The molecule has 4 heteroatoms. The predicted octanol–water partition coefficient (Wildman–Crippen LogP) is 2.87. The average molecular weight is 261 g/mol. The third-order valence-corrected chi connectivity index (χ3v) is 3.61. The molecule has 0 aliphatic carbocycles. The largest absolute Gasteiger partial charge is 0.469 e. The van der Waals surface area contributed by atoms with Crippen LogP contribution in [0.1, 0.15) is 42.6 Å². The Labute approximate surface area is 114 Å². The maximum atomic E-state index is 5.41. The van der Waals surface area contributed by atoms with Crippen molar-refractivity contribution in [1.29, 1.82) is 0 Å². The minimum Gasteiger partial charge on any atom is -0.469 e. The van der Waals surface area contributed by atoms with Crippen molar-refractivity contribution in [3.05, 3.63) is 41.1 Å². The van der Waals surface area contributed by atoms with Crippen molar-refractivity contribution in [2.45, 2.75) is 46.2 Å². The monoisotopic (exact) mass is 261 g/mol. The molecule has 4 nitrogen and oxygen atoms in total. The minimum atomic E-state index is 0.269. The summed E-state index contributed by atoms with van der Waals surface area (Å²) >= 11 is 0. The molecule has 2 rings (SSSR count). The normalized spacial score (nSPS) is 12.8. The Morgan fingerprint density at radius 2 is 2.21 bits per heavy atom. The summed E-state index contributed by atoms with van der Waals surface area (Å²) in [7, 11) is 1.99. The van der Waals surface area contributed by atoms with E-state index in [1.54, 1.807) is 6.26 Å². The van der Waals surface area contributed by atoms with Crippen LogP contribution in [0.25, 0.3) is 0 Å². The number of nitrogens with one attached hydrogen (secondary N) is 1. The standard InChI is InChI=1S/C15H23N3O/c1-5-12-9-13(18(6-2)17-12)10-15(16-4)14-7-8-19-11(14)3/h7-9,15-16H,5-6,10H2,1-4H3. The number of furan rings is 1. The molecule has 19 heavy (non-hydrogen) atoms. The number of likely N-dealkylation sites (N-methyl/N-ethyl adjacent to an activating group) is 1. The molecule has 0 amide bonds. The number of aryl methyl sites for hydroxylation is 3. The van der Waals surface area contributed by atoms with Gasteiger partial charge in [0.25, 0.3) is 0 Å². The van der Waals surface area contributed by atoms with Crippen molar-refractivity contribution in [3.63, 3.8) is 0 Å². The van der Waals surface area contributed by atoms with Gasteiger partial charge >= 0.3 is 0 Å². The summed E-state index contributed by atoms with van der Waals surface area (Å²) < 4.78 is 7.50. The fourth-order valence-corrected chi connectivity index (χ4v) is 2.46. The van der Waals surface area contributed by atoms with Crippen molar-refractivity contribution in [1.82, 2.24) is 15.1 Å². The van der Waals surface area contributed by atoms with Crippen molar-refractivity contribution in [2.75, 3.05) is 7.05 Å². The van der Waals surface area contributed by atoms with E-state index in [2.05, 4.69) is 35.0 Å². The van der Waals surface area contributed by atoms with Crippen LogP contribution in [0.4, 0.5) is 0 Å². The summed E-state index contributed by atoms with van der Waals surface area (Å²) in [6.45, 7) is 7.19. The van der Waals surface area contributed by atoms with Crippen LogP contribution in [0.2, 0.25) is 0 Å². The highest BCUT2D eigenvalue weighted by atomic mass is 16.3. The van der Waals surface area contributed by atoms with Crippen LogP contribution in [0.5, 0.6) is 0 Å². The van der Waals surface area contributed by atoms with Gasteiger partial charge in [-0.15, -0.1) is 0 Å². The van der Waals surface area contributed by atoms with E-state index < -0.39 is 0 Å². The summed E-state index contributed by atoms with van der Waals surface area (Å²) in [6.07, 6.45) is 3.66. The molecule has 0 aliphatic rings. The number of hydrogen-bond donors (Lipinski definition) is 1. The number of hydrogen-bond acceptors (Lipinski definition) is 3. The highest BCUT2D eigenvalue weighted by Crippen LogP contribution is 2.23. The first-order chi connectivity index (χ1) is 9.19. The third kappa shape index (κ3) is 2.89.